The molecule has 0 heterocycles. The zero-order valence-electron chi connectivity index (χ0n) is 11.8. The highest BCUT2D eigenvalue weighted by Gasteiger charge is 2.17. The number of ether oxygens (including phenoxy) is 1. The molecule has 2 nitrogen and oxygen atoms in total. The molecule has 0 radical (unpaired) electrons. The maximum absolute atomic E-state index is 13.9. The van der Waals surface area contributed by atoms with Crippen LogP contribution in [0.4, 0.5) is 4.39 Å². The minimum Gasteiger partial charge on any atom is -0.494 e. The van der Waals surface area contributed by atoms with Gasteiger partial charge in [-0.15, -0.1) is 0 Å². The van der Waals surface area contributed by atoms with Crippen molar-refractivity contribution in [3.05, 3.63) is 62.8 Å². The first kappa shape index (κ1) is 16.3. The van der Waals surface area contributed by atoms with Crippen molar-refractivity contribution < 1.29 is 9.13 Å². The summed E-state index contributed by atoms with van der Waals surface area (Å²) in [6.07, 6.45) is 0. The summed E-state index contributed by atoms with van der Waals surface area (Å²) in [6.45, 7) is 2.77. The van der Waals surface area contributed by atoms with Crippen LogP contribution in [-0.4, -0.2) is 13.7 Å². The number of rotatable bonds is 5. The van der Waals surface area contributed by atoms with E-state index in [9.17, 15) is 4.39 Å². The summed E-state index contributed by atoms with van der Waals surface area (Å²) in [5, 5.41) is 4.01. The van der Waals surface area contributed by atoms with Crippen molar-refractivity contribution in [2.45, 2.75) is 13.0 Å². The smallest absolute Gasteiger partial charge is 0.165 e. The van der Waals surface area contributed by atoms with Gasteiger partial charge in [0.25, 0.3) is 0 Å². The molecule has 2 aromatic rings. The number of benzene rings is 2. The van der Waals surface area contributed by atoms with Crippen LogP contribution in [0.25, 0.3) is 0 Å². The van der Waals surface area contributed by atoms with Crippen molar-refractivity contribution >= 4 is 27.5 Å². The number of hydrogen-bond acceptors (Lipinski definition) is 2. The Kier molecular flexibility index (Phi) is 5.62. The van der Waals surface area contributed by atoms with Crippen molar-refractivity contribution in [2.24, 2.45) is 0 Å². The van der Waals surface area contributed by atoms with Crippen LogP contribution in [0.3, 0.4) is 0 Å². The van der Waals surface area contributed by atoms with Crippen molar-refractivity contribution in [3.63, 3.8) is 0 Å². The van der Waals surface area contributed by atoms with E-state index in [0.717, 1.165) is 22.1 Å². The molecule has 112 valence electrons. The maximum atomic E-state index is 13.9. The summed E-state index contributed by atoms with van der Waals surface area (Å²) in [5.74, 6) is -0.132. The number of hydrogen-bond donors (Lipinski definition) is 1. The molecule has 1 unspecified atom stereocenters. The fourth-order valence-electron chi connectivity index (χ4n) is 2.21. The zero-order chi connectivity index (χ0) is 15.4. The van der Waals surface area contributed by atoms with Crippen LogP contribution in [0, 0.1) is 5.82 Å². The molecule has 5 heteroatoms. The molecule has 0 saturated carbocycles. The molecule has 0 saturated heterocycles. The summed E-state index contributed by atoms with van der Waals surface area (Å²) in [5.41, 5.74) is 1.84. The van der Waals surface area contributed by atoms with Crippen molar-refractivity contribution in [1.29, 1.82) is 0 Å². The van der Waals surface area contributed by atoms with Crippen molar-refractivity contribution in [3.8, 4) is 5.75 Å². The van der Waals surface area contributed by atoms with Gasteiger partial charge in [-0.05, 0) is 41.9 Å². The van der Waals surface area contributed by atoms with E-state index in [-0.39, 0.29) is 17.6 Å². The van der Waals surface area contributed by atoms with E-state index in [0.29, 0.717) is 5.02 Å². The number of methoxy groups -OCH3 is 1. The lowest BCUT2D eigenvalue weighted by Gasteiger charge is -2.21. The summed E-state index contributed by atoms with van der Waals surface area (Å²) >= 11 is 9.50. The minimum absolute atomic E-state index is 0.123. The molecule has 1 atom stereocenters. The highest BCUT2D eigenvalue weighted by molar-refractivity contribution is 9.10. The number of nitrogens with one attached hydrogen (secondary N) is 1. The second kappa shape index (κ2) is 7.25. The SMILES string of the molecule is CCNC(c1ccc(OC)c(F)c1)c1ccc(Cl)cc1Br. The highest BCUT2D eigenvalue weighted by Crippen LogP contribution is 2.32. The highest BCUT2D eigenvalue weighted by atomic mass is 79.9. The number of halogens is 3. The molecule has 0 aliphatic rings. The van der Waals surface area contributed by atoms with Gasteiger partial charge in [0.1, 0.15) is 0 Å². The van der Waals surface area contributed by atoms with Crippen LogP contribution in [0.2, 0.25) is 5.02 Å². The largest absolute Gasteiger partial charge is 0.494 e. The van der Waals surface area contributed by atoms with Crippen molar-refractivity contribution in [2.75, 3.05) is 13.7 Å². The Balaban J connectivity index is 2.45. The molecule has 0 aromatic heterocycles. The van der Waals surface area contributed by atoms with Crippen LogP contribution in [0.15, 0.2) is 40.9 Å². The summed E-state index contributed by atoms with van der Waals surface area (Å²) < 4.78 is 19.8. The van der Waals surface area contributed by atoms with E-state index in [1.807, 2.05) is 31.2 Å². The third-order valence-electron chi connectivity index (χ3n) is 3.19. The lowest BCUT2D eigenvalue weighted by atomic mass is 9.98. The Morgan fingerprint density at radius 1 is 1.29 bits per heavy atom. The van der Waals surface area contributed by atoms with Crippen LogP contribution >= 0.6 is 27.5 Å². The Hall–Kier alpha value is -1.10. The van der Waals surface area contributed by atoms with E-state index >= 15 is 0 Å². The van der Waals surface area contributed by atoms with Crippen LogP contribution < -0.4 is 10.1 Å². The van der Waals surface area contributed by atoms with Gasteiger partial charge in [0.05, 0.1) is 13.2 Å². The molecule has 0 aliphatic heterocycles. The summed E-state index contributed by atoms with van der Waals surface area (Å²) in [4.78, 5) is 0. The first-order valence-electron chi connectivity index (χ1n) is 6.58. The van der Waals surface area contributed by atoms with Gasteiger partial charge >= 0.3 is 0 Å². The third-order valence-corrected chi connectivity index (χ3v) is 4.11. The molecule has 0 bridgehead atoms. The standard InChI is InChI=1S/C16H16BrClFNO/c1-3-20-16(12-6-5-11(18)9-13(12)17)10-4-7-15(21-2)14(19)8-10/h4-9,16,20H,3H2,1-2H3. The van der Waals surface area contributed by atoms with Gasteiger partial charge in [0.15, 0.2) is 11.6 Å². The Morgan fingerprint density at radius 2 is 2.05 bits per heavy atom. The van der Waals surface area contributed by atoms with Gasteiger partial charge in [-0.2, -0.15) is 0 Å². The molecule has 2 aromatic carbocycles. The molecule has 0 spiro atoms. The molecule has 21 heavy (non-hydrogen) atoms. The fourth-order valence-corrected chi connectivity index (χ4v) is 3.12. The Labute approximate surface area is 137 Å². The van der Waals surface area contributed by atoms with Crippen LogP contribution in [0.1, 0.15) is 24.1 Å². The maximum Gasteiger partial charge on any atom is 0.165 e. The summed E-state index contributed by atoms with van der Waals surface area (Å²) in [6, 6.07) is 10.5. The third kappa shape index (κ3) is 3.76. The van der Waals surface area contributed by atoms with E-state index in [2.05, 4.69) is 21.2 Å². The molecular weight excluding hydrogens is 357 g/mol. The quantitative estimate of drug-likeness (QED) is 0.802. The second-order valence-electron chi connectivity index (χ2n) is 4.55. The minimum atomic E-state index is -0.372. The van der Waals surface area contributed by atoms with Gasteiger partial charge in [-0.3, -0.25) is 0 Å². The van der Waals surface area contributed by atoms with E-state index in [1.54, 1.807) is 6.07 Å². The zero-order valence-corrected chi connectivity index (χ0v) is 14.1. The normalized spacial score (nSPS) is 12.2. The molecule has 0 fully saturated rings. The molecule has 2 rings (SSSR count). The van der Waals surface area contributed by atoms with Gasteiger partial charge in [-0.1, -0.05) is 46.6 Å². The molecule has 0 aliphatic carbocycles. The molecule has 1 N–H and O–H groups in total. The first-order chi connectivity index (χ1) is 10.1. The van der Waals surface area contributed by atoms with Crippen molar-refractivity contribution in [1.82, 2.24) is 5.32 Å². The van der Waals surface area contributed by atoms with E-state index < -0.39 is 0 Å². The van der Waals surface area contributed by atoms with Crippen LogP contribution in [0.5, 0.6) is 5.75 Å². The fraction of sp³-hybridized carbons (Fsp3) is 0.250. The second-order valence-corrected chi connectivity index (χ2v) is 5.84. The van der Waals surface area contributed by atoms with E-state index in [4.69, 9.17) is 16.3 Å². The van der Waals surface area contributed by atoms with Gasteiger partial charge in [0.2, 0.25) is 0 Å². The topological polar surface area (TPSA) is 21.3 Å². The predicted octanol–water partition coefficient (Wildman–Crippen LogP) is 4.95. The summed E-state index contributed by atoms with van der Waals surface area (Å²) in [7, 11) is 1.45. The Morgan fingerprint density at radius 3 is 2.62 bits per heavy atom. The van der Waals surface area contributed by atoms with Crippen LogP contribution in [-0.2, 0) is 0 Å². The average Bonchev–Trinajstić information content (AvgIpc) is 2.45. The lowest BCUT2D eigenvalue weighted by molar-refractivity contribution is 0.385. The van der Waals surface area contributed by atoms with Gasteiger partial charge < -0.3 is 10.1 Å². The first-order valence-corrected chi connectivity index (χ1v) is 7.75. The van der Waals surface area contributed by atoms with E-state index in [1.165, 1.54) is 13.2 Å². The molecule has 0 amide bonds. The molecular formula is C16H16BrClFNO. The Bertz CT molecular complexity index is 636. The van der Waals surface area contributed by atoms with Gasteiger partial charge in [-0.25, -0.2) is 4.39 Å². The average molecular weight is 373 g/mol. The predicted molar refractivity (Wildman–Crippen MR) is 87.6 cm³/mol. The monoisotopic (exact) mass is 371 g/mol. The lowest BCUT2D eigenvalue weighted by Crippen LogP contribution is -2.22. The van der Waals surface area contributed by atoms with Gasteiger partial charge in [0, 0.05) is 9.50 Å².